The first-order chi connectivity index (χ1) is 16.3. The average Bonchev–Trinajstić information content (AvgIpc) is 3.10. The number of anilines is 1. The van der Waals surface area contributed by atoms with Crippen molar-refractivity contribution < 1.29 is 23.9 Å². The van der Waals surface area contributed by atoms with Crippen LogP contribution in [0.5, 0.6) is 0 Å². The molecule has 182 valence electrons. The number of hydrogen-bond donors (Lipinski definition) is 2. The summed E-state index contributed by atoms with van der Waals surface area (Å²) >= 11 is 0. The minimum absolute atomic E-state index is 0.0604. The molecular weight excluding hydrogens is 434 g/mol. The number of amides is 3. The molecule has 2 aromatic rings. The van der Waals surface area contributed by atoms with Crippen LogP contribution in [0.3, 0.4) is 0 Å². The highest BCUT2D eigenvalue weighted by Crippen LogP contribution is 2.34. The van der Waals surface area contributed by atoms with Crippen LogP contribution in [0.25, 0.3) is 0 Å². The standard InChI is InChI=1S/C26H33N3O5/c1-17(2)14-22(30)28-21-10-8-20(9-11-21)24-23(25(31)27-12-13-33-4)29(26(32)34-24)16-19-7-5-6-18(3)15-19/h5-11,15,17,23-24H,12-14,16H2,1-4H3,(H,27,31)(H,28,30). The fraction of sp³-hybridized carbons (Fsp3) is 0.423. The summed E-state index contributed by atoms with van der Waals surface area (Å²) in [6.45, 7) is 6.88. The van der Waals surface area contributed by atoms with Crippen molar-refractivity contribution in [2.75, 3.05) is 25.6 Å². The predicted molar refractivity (Wildman–Crippen MR) is 129 cm³/mol. The van der Waals surface area contributed by atoms with Gasteiger partial charge >= 0.3 is 6.09 Å². The Hall–Kier alpha value is -3.39. The fourth-order valence-corrected chi connectivity index (χ4v) is 3.94. The number of carbonyl (C=O) groups is 3. The van der Waals surface area contributed by atoms with E-state index in [9.17, 15) is 14.4 Å². The van der Waals surface area contributed by atoms with Crippen molar-refractivity contribution in [3.05, 3.63) is 65.2 Å². The predicted octanol–water partition coefficient (Wildman–Crippen LogP) is 3.80. The number of nitrogens with one attached hydrogen (secondary N) is 2. The Kier molecular flexibility index (Phi) is 8.65. The van der Waals surface area contributed by atoms with E-state index in [2.05, 4.69) is 10.6 Å². The van der Waals surface area contributed by atoms with E-state index in [0.29, 0.717) is 30.8 Å². The highest BCUT2D eigenvalue weighted by Gasteiger charge is 2.46. The van der Waals surface area contributed by atoms with E-state index in [1.165, 1.54) is 4.90 Å². The smallest absolute Gasteiger partial charge is 0.411 e. The topological polar surface area (TPSA) is 97.0 Å². The Morgan fingerprint density at radius 1 is 1.15 bits per heavy atom. The molecule has 1 aliphatic rings. The van der Waals surface area contributed by atoms with Gasteiger partial charge in [-0.3, -0.25) is 14.5 Å². The van der Waals surface area contributed by atoms with Crippen molar-refractivity contribution in [3.63, 3.8) is 0 Å². The number of hydrogen-bond acceptors (Lipinski definition) is 5. The molecule has 8 heteroatoms. The van der Waals surface area contributed by atoms with Crippen molar-refractivity contribution >= 4 is 23.6 Å². The summed E-state index contributed by atoms with van der Waals surface area (Å²) in [6.07, 6.45) is -0.896. The van der Waals surface area contributed by atoms with Crippen molar-refractivity contribution in [1.29, 1.82) is 0 Å². The number of aryl methyl sites for hydroxylation is 1. The van der Waals surface area contributed by atoms with Crippen molar-refractivity contribution in [2.45, 2.75) is 45.9 Å². The van der Waals surface area contributed by atoms with Gasteiger partial charge in [0.1, 0.15) is 0 Å². The SMILES string of the molecule is COCCNC(=O)C1C(c2ccc(NC(=O)CC(C)C)cc2)OC(=O)N1Cc1cccc(C)c1. The molecule has 1 heterocycles. The molecule has 1 aliphatic heterocycles. The highest BCUT2D eigenvalue weighted by molar-refractivity contribution is 5.91. The first kappa shape index (κ1) is 25.2. The first-order valence-corrected chi connectivity index (χ1v) is 11.5. The lowest BCUT2D eigenvalue weighted by Gasteiger charge is -2.24. The van der Waals surface area contributed by atoms with Crippen LogP contribution in [0.4, 0.5) is 10.5 Å². The molecule has 2 atom stereocenters. The quantitative estimate of drug-likeness (QED) is 0.518. The number of rotatable bonds is 10. The monoisotopic (exact) mass is 467 g/mol. The summed E-state index contributed by atoms with van der Waals surface area (Å²) < 4.78 is 10.7. The van der Waals surface area contributed by atoms with E-state index in [1.807, 2.05) is 45.0 Å². The Morgan fingerprint density at radius 3 is 2.53 bits per heavy atom. The second-order valence-electron chi connectivity index (χ2n) is 8.92. The molecule has 1 fully saturated rings. The number of ether oxygens (including phenoxy) is 2. The summed E-state index contributed by atoms with van der Waals surface area (Å²) in [5, 5.41) is 5.70. The van der Waals surface area contributed by atoms with Gasteiger partial charge in [0.25, 0.3) is 0 Å². The molecular formula is C26H33N3O5. The van der Waals surface area contributed by atoms with Gasteiger partial charge in [0.2, 0.25) is 11.8 Å². The maximum atomic E-state index is 13.1. The van der Waals surface area contributed by atoms with E-state index in [-0.39, 0.29) is 24.3 Å². The molecule has 0 aliphatic carbocycles. The van der Waals surface area contributed by atoms with E-state index in [4.69, 9.17) is 9.47 Å². The van der Waals surface area contributed by atoms with Gasteiger partial charge in [0.05, 0.1) is 13.2 Å². The van der Waals surface area contributed by atoms with Gasteiger partial charge in [-0.15, -0.1) is 0 Å². The zero-order valence-electron chi connectivity index (χ0n) is 20.2. The molecule has 3 rings (SSSR count). The molecule has 2 aromatic carbocycles. The van der Waals surface area contributed by atoms with Crippen LogP contribution >= 0.6 is 0 Å². The Morgan fingerprint density at radius 2 is 1.88 bits per heavy atom. The van der Waals surface area contributed by atoms with Crippen LogP contribution in [0.1, 0.15) is 43.1 Å². The average molecular weight is 468 g/mol. The molecule has 2 N–H and O–H groups in total. The summed E-state index contributed by atoms with van der Waals surface area (Å²) in [4.78, 5) is 39.5. The summed E-state index contributed by atoms with van der Waals surface area (Å²) in [6, 6.07) is 14.0. The number of nitrogens with zero attached hydrogens (tertiary/aromatic N) is 1. The highest BCUT2D eigenvalue weighted by atomic mass is 16.6. The molecule has 2 unspecified atom stereocenters. The largest absolute Gasteiger partial charge is 0.438 e. The molecule has 0 aromatic heterocycles. The van der Waals surface area contributed by atoms with Crippen LogP contribution < -0.4 is 10.6 Å². The molecule has 0 bridgehead atoms. The zero-order chi connectivity index (χ0) is 24.7. The van der Waals surface area contributed by atoms with Gasteiger partial charge in [-0.25, -0.2) is 4.79 Å². The molecule has 0 saturated carbocycles. The lowest BCUT2D eigenvalue weighted by molar-refractivity contribution is -0.126. The number of methoxy groups -OCH3 is 1. The van der Waals surface area contributed by atoms with E-state index in [0.717, 1.165) is 11.1 Å². The van der Waals surface area contributed by atoms with Crippen LogP contribution in [-0.4, -0.2) is 49.1 Å². The lowest BCUT2D eigenvalue weighted by Crippen LogP contribution is -2.47. The maximum Gasteiger partial charge on any atom is 0.411 e. The number of benzene rings is 2. The maximum absolute atomic E-state index is 13.1. The summed E-state index contributed by atoms with van der Waals surface area (Å²) in [7, 11) is 1.56. The summed E-state index contributed by atoms with van der Waals surface area (Å²) in [5.41, 5.74) is 3.30. The Balaban J connectivity index is 1.82. The van der Waals surface area contributed by atoms with E-state index < -0.39 is 18.2 Å². The molecule has 34 heavy (non-hydrogen) atoms. The second-order valence-corrected chi connectivity index (χ2v) is 8.92. The first-order valence-electron chi connectivity index (χ1n) is 11.5. The van der Waals surface area contributed by atoms with Crippen molar-refractivity contribution in [1.82, 2.24) is 10.2 Å². The molecule has 0 radical (unpaired) electrons. The van der Waals surface area contributed by atoms with Crippen LogP contribution in [0.2, 0.25) is 0 Å². The van der Waals surface area contributed by atoms with Crippen LogP contribution in [0, 0.1) is 12.8 Å². The van der Waals surface area contributed by atoms with Gasteiger partial charge in [-0.1, -0.05) is 55.8 Å². The molecule has 8 nitrogen and oxygen atoms in total. The third-order valence-electron chi connectivity index (χ3n) is 5.51. The molecule has 0 spiro atoms. The van der Waals surface area contributed by atoms with Gasteiger partial charge in [0.15, 0.2) is 12.1 Å². The van der Waals surface area contributed by atoms with Crippen molar-refractivity contribution in [3.8, 4) is 0 Å². The molecule has 3 amide bonds. The van der Waals surface area contributed by atoms with Gasteiger partial charge in [-0.2, -0.15) is 0 Å². The lowest BCUT2D eigenvalue weighted by atomic mass is 10.00. The Bertz CT molecular complexity index is 1010. The van der Waals surface area contributed by atoms with Gasteiger partial charge in [0, 0.05) is 25.8 Å². The number of carbonyl (C=O) groups excluding carboxylic acids is 3. The summed E-state index contributed by atoms with van der Waals surface area (Å²) in [5.74, 6) is -0.112. The minimum atomic E-state index is -0.841. The minimum Gasteiger partial charge on any atom is -0.438 e. The van der Waals surface area contributed by atoms with Crippen molar-refractivity contribution in [2.24, 2.45) is 5.92 Å². The normalized spacial score (nSPS) is 17.6. The fourth-order valence-electron chi connectivity index (χ4n) is 3.94. The van der Waals surface area contributed by atoms with Gasteiger partial charge in [-0.05, 0) is 36.1 Å². The Labute approximate surface area is 200 Å². The zero-order valence-corrected chi connectivity index (χ0v) is 20.2. The van der Waals surface area contributed by atoms with Crippen LogP contribution in [-0.2, 0) is 25.6 Å². The van der Waals surface area contributed by atoms with Crippen LogP contribution in [0.15, 0.2) is 48.5 Å². The van der Waals surface area contributed by atoms with E-state index >= 15 is 0 Å². The third kappa shape index (κ3) is 6.57. The number of cyclic esters (lactones) is 1. The third-order valence-corrected chi connectivity index (χ3v) is 5.51. The van der Waals surface area contributed by atoms with E-state index in [1.54, 1.807) is 31.4 Å². The van der Waals surface area contributed by atoms with Gasteiger partial charge < -0.3 is 20.1 Å². The molecule has 1 saturated heterocycles. The second kappa shape index (κ2) is 11.7.